The summed E-state index contributed by atoms with van der Waals surface area (Å²) in [5, 5.41) is 15.2. The third-order valence-corrected chi connectivity index (χ3v) is 9.17. The largest absolute Gasteiger partial charge is 0.488 e. The van der Waals surface area contributed by atoms with Crippen LogP contribution in [0.5, 0.6) is 5.75 Å². The van der Waals surface area contributed by atoms with Crippen LogP contribution in [-0.4, -0.2) is 66.5 Å². The standard InChI is InChI=1S/C31H36N4O5S/c1-18-5-10-26(40-16-23-9-6-20(12-19(23)2)29(37)34(4)15-27(36)32-3)24(11-18)25-17-41-31(33-25)35-13-21-7-8-22(14-35)28(21)30(38)39/h5-6,9-12,17,21-22,28H,7-8,13-16H2,1-4H3,(H,32,36)(H,38,39)/t21-,22?,28+/m1/s1. The number of likely N-dealkylation sites (N-methyl/N-ethyl adjacent to an activating group) is 2. The van der Waals surface area contributed by atoms with Crippen molar-refractivity contribution < 1.29 is 24.2 Å². The van der Waals surface area contributed by atoms with Crippen molar-refractivity contribution in [3.63, 3.8) is 0 Å². The fraction of sp³-hybridized carbons (Fsp3) is 0.419. The van der Waals surface area contributed by atoms with Gasteiger partial charge in [-0.15, -0.1) is 11.3 Å². The van der Waals surface area contributed by atoms with Crippen LogP contribution in [-0.2, 0) is 16.2 Å². The van der Waals surface area contributed by atoms with Gasteiger partial charge in [-0.3, -0.25) is 14.4 Å². The van der Waals surface area contributed by atoms with E-state index in [0.29, 0.717) is 12.2 Å². The lowest BCUT2D eigenvalue weighted by Gasteiger charge is -2.35. The number of carbonyl (C=O) groups is 3. The molecule has 3 atom stereocenters. The normalized spacial score (nSPS) is 19.6. The molecule has 3 aromatic rings. The Morgan fingerprint density at radius 3 is 2.51 bits per heavy atom. The monoisotopic (exact) mass is 576 g/mol. The number of aryl methyl sites for hydroxylation is 2. The lowest BCUT2D eigenvalue weighted by Crippen LogP contribution is -2.44. The number of nitrogens with zero attached hydrogens (tertiary/aromatic N) is 3. The molecule has 1 aliphatic heterocycles. The van der Waals surface area contributed by atoms with Gasteiger partial charge in [-0.05, 0) is 73.9 Å². The highest BCUT2D eigenvalue weighted by molar-refractivity contribution is 7.14. The van der Waals surface area contributed by atoms with Crippen molar-refractivity contribution in [1.29, 1.82) is 0 Å². The van der Waals surface area contributed by atoms with E-state index in [4.69, 9.17) is 9.72 Å². The maximum absolute atomic E-state index is 12.8. The Morgan fingerprint density at radius 1 is 1.12 bits per heavy atom. The van der Waals surface area contributed by atoms with E-state index in [2.05, 4.69) is 16.3 Å². The molecule has 1 saturated heterocycles. The molecule has 1 aliphatic carbocycles. The summed E-state index contributed by atoms with van der Waals surface area (Å²) in [6, 6.07) is 11.5. The maximum Gasteiger partial charge on any atom is 0.307 e. The average Bonchev–Trinajstić information content (AvgIpc) is 3.55. The summed E-state index contributed by atoms with van der Waals surface area (Å²) in [5.41, 5.74) is 5.25. The van der Waals surface area contributed by atoms with Gasteiger partial charge in [0.15, 0.2) is 5.13 Å². The van der Waals surface area contributed by atoms with Crippen LogP contribution < -0.4 is 15.0 Å². The predicted molar refractivity (Wildman–Crippen MR) is 158 cm³/mol. The van der Waals surface area contributed by atoms with Gasteiger partial charge in [0.25, 0.3) is 5.91 Å². The molecule has 41 heavy (non-hydrogen) atoms. The molecule has 1 unspecified atom stereocenters. The lowest BCUT2D eigenvalue weighted by molar-refractivity contribution is -0.144. The number of amides is 2. The molecule has 10 heteroatoms. The zero-order valence-corrected chi connectivity index (χ0v) is 24.7. The second kappa shape index (κ2) is 11.9. The number of rotatable bonds is 9. The molecule has 1 saturated carbocycles. The van der Waals surface area contributed by atoms with E-state index in [0.717, 1.165) is 64.8 Å². The highest BCUT2D eigenvalue weighted by Gasteiger charge is 2.46. The van der Waals surface area contributed by atoms with Gasteiger partial charge in [0.05, 0.1) is 18.2 Å². The summed E-state index contributed by atoms with van der Waals surface area (Å²) in [6.45, 7) is 5.77. The number of thiazole rings is 1. The number of anilines is 1. The fourth-order valence-electron chi connectivity index (χ4n) is 6.02. The first-order valence-corrected chi connectivity index (χ1v) is 14.7. The van der Waals surface area contributed by atoms with Gasteiger partial charge in [0.1, 0.15) is 12.4 Å². The number of nitrogens with one attached hydrogen (secondary N) is 1. The number of hydrogen-bond donors (Lipinski definition) is 2. The van der Waals surface area contributed by atoms with Crippen molar-refractivity contribution in [3.05, 3.63) is 64.0 Å². The fourth-order valence-corrected chi connectivity index (χ4v) is 6.86. The summed E-state index contributed by atoms with van der Waals surface area (Å²) in [7, 11) is 3.15. The number of piperidine rings is 1. The molecule has 9 nitrogen and oxygen atoms in total. The van der Waals surface area contributed by atoms with E-state index in [1.54, 1.807) is 31.5 Å². The van der Waals surface area contributed by atoms with Crippen LogP contribution in [0.2, 0.25) is 0 Å². The van der Waals surface area contributed by atoms with Crippen molar-refractivity contribution in [2.75, 3.05) is 38.6 Å². The van der Waals surface area contributed by atoms with Gasteiger partial charge < -0.3 is 25.0 Å². The molecule has 2 bridgehead atoms. The molecule has 1 aromatic heterocycles. The third kappa shape index (κ3) is 6.07. The van der Waals surface area contributed by atoms with Crippen molar-refractivity contribution in [2.45, 2.75) is 33.3 Å². The predicted octanol–water partition coefficient (Wildman–Crippen LogP) is 4.37. The van der Waals surface area contributed by atoms with Crippen LogP contribution in [0.3, 0.4) is 0 Å². The smallest absolute Gasteiger partial charge is 0.307 e. The minimum Gasteiger partial charge on any atom is -0.488 e. The van der Waals surface area contributed by atoms with Crippen LogP contribution in [0.25, 0.3) is 11.3 Å². The van der Waals surface area contributed by atoms with Gasteiger partial charge >= 0.3 is 5.97 Å². The minimum absolute atomic E-state index is 0.00441. The summed E-state index contributed by atoms with van der Waals surface area (Å²) in [6.07, 6.45) is 1.93. The number of carbonyl (C=O) groups excluding carboxylic acids is 2. The van der Waals surface area contributed by atoms with Gasteiger partial charge in [-0.25, -0.2) is 4.98 Å². The van der Waals surface area contributed by atoms with E-state index in [-0.39, 0.29) is 36.1 Å². The topological polar surface area (TPSA) is 112 Å². The third-order valence-electron chi connectivity index (χ3n) is 8.27. The molecule has 2 fully saturated rings. The first-order chi connectivity index (χ1) is 19.6. The number of hydrogen-bond acceptors (Lipinski definition) is 7. The van der Waals surface area contributed by atoms with Gasteiger partial charge in [0.2, 0.25) is 5.91 Å². The molecular formula is C31H36N4O5S. The number of aromatic nitrogens is 1. The van der Waals surface area contributed by atoms with Crippen LogP contribution in [0.1, 0.15) is 39.9 Å². The SMILES string of the molecule is CNC(=O)CN(C)C(=O)c1ccc(COc2ccc(C)cc2-c2csc(N3CC4CC[C@H](C3)[C@@H]4C(=O)O)n2)c(C)c1. The van der Waals surface area contributed by atoms with Gasteiger partial charge in [-0.1, -0.05) is 17.7 Å². The van der Waals surface area contributed by atoms with E-state index in [1.165, 1.54) is 4.90 Å². The minimum atomic E-state index is -0.664. The quantitative estimate of drug-likeness (QED) is 0.389. The molecular weight excluding hydrogens is 540 g/mol. The Morgan fingerprint density at radius 2 is 1.85 bits per heavy atom. The maximum atomic E-state index is 12.8. The highest BCUT2D eigenvalue weighted by atomic mass is 32.1. The van der Waals surface area contributed by atoms with E-state index < -0.39 is 5.97 Å². The number of carboxylic acid groups (broad SMARTS) is 1. The molecule has 2 heterocycles. The summed E-state index contributed by atoms with van der Waals surface area (Å²) in [5.74, 6) is -0.259. The van der Waals surface area contributed by atoms with Crippen LogP contribution >= 0.6 is 11.3 Å². The zero-order valence-electron chi connectivity index (χ0n) is 23.8. The number of carboxylic acids is 1. The van der Waals surface area contributed by atoms with E-state index in [1.807, 2.05) is 43.5 Å². The Labute approximate surface area is 244 Å². The molecule has 2 N–H and O–H groups in total. The van der Waals surface area contributed by atoms with Crippen molar-refractivity contribution in [2.24, 2.45) is 17.8 Å². The van der Waals surface area contributed by atoms with E-state index in [9.17, 15) is 19.5 Å². The van der Waals surface area contributed by atoms with Crippen molar-refractivity contribution in [1.82, 2.24) is 15.2 Å². The second-order valence-corrected chi connectivity index (χ2v) is 12.0. The highest BCUT2D eigenvalue weighted by Crippen LogP contribution is 2.44. The van der Waals surface area contributed by atoms with Crippen LogP contribution in [0, 0.1) is 31.6 Å². The number of fused-ring (bicyclic) bond motifs is 2. The molecule has 0 radical (unpaired) electrons. The second-order valence-electron chi connectivity index (χ2n) is 11.1. The number of aliphatic carboxylic acids is 1. The Kier molecular flexibility index (Phi) is 8.30. The Balaban J connectivity index is 1.29. The molecule has 2 aliphatic rings. The Bertz CT molecular complexity index is 1460. The number of benzene rings is 2. The average molecular weight is 577 g/mol. The lowest BCUT2D eigenvalue weighted by atomic mass is 9.85. The van der Waals surface area contributed by atoms with E-state index >= 15 is 0 Å². The van der Waals surface area contributed by atoms with Crippen molar-refractivity contribution in [3.8, 4) is 17.0 Å². The van der Waals surface area contributed by atoms with Gasteiger partial charge in [0, 0.05) is 43.7 Å². The first-order valence-electron chi connectivity index (χ1n) is 13.9. The summed E-state index contributed by atoms with van der Waals surface area (Å²) < 4.78 is 6.31. The summed E-state index contributed by atoms with van der Waals surface area (Å²) in [4.78, 5) is 44.8. The number of ether oxygens (including phenoxy) is 1. The van der Waals surface area contributed by atoms with Crippen LogP contribution in [0.4, 0.5) is 5.13 Å². The van der Waals surface area contributed by atoms with Crippen LogP contribution in [0.15, 0.2) is 41.8 Å². The molecule has 216 valence electrons. The zero-order chi connectivity index (χ0) is 29.3. The molecule has 2 aromatic carbocycles. The molecule has 0 spiro atoms. The van der Waals surface area contributed by atoms with Crippen molar-refractivity contribution >= 4 is 34.3 Å². The first kappa shape index (κ1) is 28.6. The molecule has 5 rings (SSSR count). The Hall–Kier alpha value is -3.92. The van der Waals surface area contributed by atoms with Gasteiger partial charge in [-0.2, -0.15) is 0 Å². The summed E-state index contributed by atoms with van der Waals surface area (Å²) >= 11 is 1.59. The molecule has 2 amide bonds.